The number of amides is 1. The molecule has 2 rings (SSSR count). The second-order valence-corrected chi connectivity index (χ2v) is 4.23. The second kappa shape index (κ2) is 6.13. The first-order chi connectivity index (χ1) is 10.1. The van der Waals surface area contributed by atoms with Crippen LogP contribution in [0.2, 0.25) is 0 Å². The molecule has 1 amide bonds. The van der Waals surface area contributed by atoms with Crippen LogP contribution >= 0.6 is 0 Å². The van der Waals surface area contributed by atoms with Crippen LogP contribution in [0.15, 0.2) is 36.4 Å². The number of carbonyl (C=O) groups excluding carboxylic acids is 1. The lowest BCUT2D eigenvalue weighted by Crippen LogP contribution is -2.15. The Morgan fingerprint density at radius 2 is 1.86 bits per heavy atom. The second-order valence-electron chi connectivity index (χ2n) is 4.23. The summed E-state index contributed by atoms with van der Waals surface area (Å²) in [4.78, 5) is 12.2. The van der Waals surface area contributed by atoms with Crippen molar-refractivity contribution in [1.29, 1.82) is 0 Å². The van der Waals surface area contributed by atoms with Crippen molar-refractivity contribution in [2.75, 3.05) is 25.3 Å². The van der Waals surface area contributed by atoms with Crippen molar-refractivity contribution in [3.8, 4) is 11.5 Å². The van der Waals surface area contributed by atoms with Crippen molar-refractivity contribution in [1.82, 2.24) is 0 Å². The average Bonchev–Trinajstić information content (AvgIpc) is 2.48. The fourth-order valence-corrected chi connectivity index (χ4v) is 1.89. The molecule has 5 nitrogen and oxygen atoms in total. The minimum atomic E-state index is -0.665. The summed E-state index contributed by atoms with van der Waals surface area (Å²) < 4.78 is 24.0. The molecule has 3 N–H and O–H groups in total. The molecule has 0 saturated heterocycles. The zero-order valence-electron chi connectivity index (χ0n) is 11.6. The van der Waals surface area contributed by atoms with Crippen LogP contribution in [0.1, 0.15) is 10.4 Å². The minimum absolute atomic E-state index is 0.155. The number of nitrogens with two attached hydrogens (primary N) is 1. The number of hydrogen-bond donors (Lipinski definition) is 2. The molecule has 0 aromatic heterocycles. The quantitative estimate of drug-likeness (QED) is 0.849. The number of carbonyl (C=O) groups is 1. The Labute approximate surface area is 121 Å². The molecular weight excluding hydrogens is 275 g/mol. The highest BCUT2D eigenvalue weighted by molar-refractivity contribution is 6.07. The number of anilines is 2. The van der Waals surface area contributed by atoms with Gasteiger partial charge in [-0.05, 0) is 24.3 Å². The molecule has 0 atom stereocenters. The van der Waals surface area contributed by atoms with Gasteiger partial charge in [-0.15, -0.1) is 0 Å². The SMILES string of the molecule is COc1cc(N)ccc1NC(=O)c1c(F)cccc1OC. The highest BCUT2D eigenvalue weighted by Crippen LogP contribution is 2.28. The number of halogens is 1. The maximum atomic E-state index is 13.8. The van der Waals surface area contributed by atoms with Crippen molar-refractivity contribution in [2.24, 2.45) is 0 Å². The Balaban J connectivity index is 2.35. The van der Waals surface area contributed by atoms with Gasteiger partial charge in [0.1, 0.15) is 22.9 Å². The van der Waals surface area contributed by atoms with E-state index in [1.807, 2.05) is 0 Å². The summed E-state index contributed by atoms with van der Waals surface area (Å²) in [6, 6.07) is 8.93. The summed E-state index contributed by atoms with van der Waals surface area (Å²) in [5, 5.41) is 2.58. The number of rotatable bonds is 4. The molecule has 0 spiro atoms. The van der Waals surface area contributed by atoms with E-state index in [1.165, 1.54) is 32.4 Å². The molecule has 2 aromatic rings. The Bertz CT molecular complexity index is 674. The maximum Gasteiger partial charge on any atom is 0.262 e. The summed E-state index contributed by atoms with van der Waals surface area (Å²) in [5.41, 5.74) is 6.36. The standard InChI is InChI=1S/C15H15FN2O3/c1-20-12-5-3-4-10(16)14(12)15(19)18-11-7-6-9(17)8-13(11)21-2/h3-8H,17H2,1-2H3,(H,18,19). The van der Waals surface area contributed by atoms with E-state index in [1.54, 1.807) is 18.2 Å². The number of nitrogen functional groups attached to an aromatic ring is 1. The van der Waals surface area contributed by atoms with Crippen molar-refractivity contribution in [2.45, 2.75) is 0 Å². The topological polar surface area (TPSA) is 73.6 Å². The molecule has 0 aliphatic heterocycles. The van der Waals surface area contributed by atoms with Gasteiger partial charge in [-0.25, -0.2) is 4.39 Å². The largest absolute Gasteiger partial charge is 0.496 e. The maximum absolute atomic E-state index is 13.8. The van der Waals surface area contributed by atoms with Gasteiger partial charge in [-0.1, -0.05) is 6.07 Å². The van der Waals surface area contributed by atoms with Gasteiger partial charge >= 0.3 is 0 Å². The fourth-order valence-electron chi connectivity index (χ4n) is 1.89. The van der Waals surface area contributed by atoms with Gasteiger partial charge in [0.25, 0.3) is 5.91 Å². The van der Waals surface area contributed by atoms with Crippen LogP contribution in [0.5, 0.6) is 11.5 Å². The highest BCUT2D eigenvalue weighted by Gasteiger charge is 2.18. The third kappa shape index (κ3) is 3.05. The van der Waals surface area contributed by atoms with Gasteiger partial charge in [0.2, 0.25) is 0 Å². The first kappa shape index (κ1) is 14.6. The number of methoxy groups -OCH3 is 2. The molecule has 110 valence electrons. The Morgan fingerprint density at radius 1 is 1.14 bits per heavy atom. The predicted octanol–water partition coefficient (Wildman–Crippen LogP) is 2.68. The van der Waals surface area contributed by atoms with Gasteiger partial charge in [0.05, 0.1) is 19.9 Å². The van der Waals surface area contributed by atoms with E-state index in [4.69, 9.17) is 15.2 Å². The van der Waals surface area contributed by atoms with E-state index < -0.39 is 11.7 Å². The minimum Gasteiger partial charge on any atom is -0.496 e. The van der Waals surface area contributed by atoms with Crippen LogP contribution in [-0.2, 0) is 0 Å². The molecule has 21 heavy (non-hydrogen) atoms. The van der Waals surface area contributed by atoms with Crippen LogP contribution < -0.4 is 20.5 Å². The fraction of sp³-hybridized carbons (Fsp3) is 0.133. The van der Waals surface area contributed by atoms with Crippen molar-refractivity contribution in [3.05, 3.63) is 47.8 Å². The van der Waals surface area contributed by atoms with E-state index in [0.29, 0.717) is 17.1 Å². The molecule has 6 heteroatoms. The monoisotopic (exact) mass is 290 g/mol. The predicted molar refractivity (Wildman–Crippen MR) is 78.3 cm³/mol. The summed E-state index contributed by atoms with van der Waals surface area (Å²) in [6.45, 7) is 0. The van der Waals surface area contributed by atoms with E-state index in [2.05, 4.69) is 5.32 Å². The van der Waals surface area contributed by atoms with Crippen molar-refractivity contribution in [3.63, 3.8) is 0 Å². The van der Waals surface area contributed by atoms with Crippen LogP contribution in [0, 0.1) is 5.82 Å². The molecule has 0 saturated carbocycles. The van der Waals surface area contributed by atoms with E-state index in [0.717, 1.165) is 0 Å². The van der Waals surface area contributed by atoms with Crippen LogP contribution in [-0.4, -0.2) is 20.1 Å². The van der Waals surface area contributed by atoms with Crippen molar-refractivity contribution < 1.29 is 18.7 Å². The molecule has 0 unspecified atom stereocenters. The van der Waals surface area contributed by atoms with Crippen LogP contribution in [0.25, 0.3) is 0 Å². The molecule has 0 aliphatic carbocycles. The lowest BCUT2D eigenvalue weighted by molar-refractivity contribution is 0.101. The first-order valence-electron chi connectivity index (χ1n) is 6.14. The van der Waals surface area contributed by atoms with Crippen molar-refractivity contribution >= 4 is 17.3 Å². The summed E-state index contributed by atoms with van der Waals surface area (Å²) >= 11 is 0. The molecule has 0 heterocycles. The molecular formula is C15H15FN2O3. The molecule has 2 aromatic carbocycles. The highest BCUT2D eigenvalue weighted by atomic mass is 19.1. The van der Waals surface area contributed by atoms with E-state index in [9.17, 15) is 9.18 Å². The average molecular weight is 290 g/mol. The van der Waals surface area contributed by atoms with Gasteiger partial charge in [0.15, 0.2) is 0 Å². The number of ether oxygens (including phenoxy) is 2. The zero-order valence-corrected chi connectivity index (χ0v) is 11.6. The summed E-state index contributed by atoms with van der Waals surface area (Å²) in [7, 11) is 2.82. The third-order valence-corrected chi connectivity index (χ3v) is 2.90. The molecule has 0 fully saturated rings. The van der Waals surface area contributed by atoms with E-state index >= 15 is 0 Å². The Kier molecular flexibility index (Phi) is 4.27. The Hall–Kier alpha value is -2.76. The zero-order chi connectivity index (χ0) is 15.4. The summed E-state index contributed by atoms with van der Waals surface area (Å²) in [5.74, 6) is -0.755. The molecule has 0 radical (unpaired) electrons. The van der Waals surface area contributed by atoms with Gasteiger partial charge in [-0.3, -0.25) is 4.79 Å². The number of benzene rings is 2. The van der Waals surface area contributed by atoms with Gasteiger partial charge < -0.3 is 20.5 Å². The summed E-state index contributed by atoms with van der Waals surface area (Å²) in [6.07, 6.45) is 0. The van der Waals surface area contributed by atoms with Crippen LogP contribution in [0.4, 0.5) is 15.8 Å². The van der Waals surface area contributed by atoms with Crippen LogP contribution in [0.3, 0.4) is 0 Å². The lowest BCUT2D eigenvalue weighted by Gasteiger charge is -2.13. The molecule has 0 aliphatic rings. The normalized spacial score (nSPS) is 10.0. The number of hydrogen-bond acceptors (Lipinski definition) is 4. The molecule has 0 bridgehead atoms. The van der Waals surface area contributed by atoms with Gasteiger partial charge in [-0.2, -0.15) is 0 Å². The third-order valence-electron chi connectivity index (χ3n) is 2.90. The smallest absolute Gasteiger partial charge is 0.262 e. The Morgan fingerprint density at radius 3 is 2.52 bits per heavy atom. The lowest BCUT2D eigenvalue weighted by atomic mass is 10.1. The first-order valence-corrected chi connectivity index (χ1v) is 6.14. The van der Waals surface area contributed by atoms with E-state index in [-0.39, 0.29) is 11.3 Å². The van der Waals surface area contributed by atoms with Gasteiger partial charge in [0, 0.05) is 11.8 Å². The number of nitrogens with one attached hydrogen (secondary N) is 1.